The van der Waals surface area contributed by atoms with E-state index in [-0.39, 0.29) is 25.6 Å². The van der Waals surface area contributed by atoms with E-state index in [4.69, 9.17) is 4.74 Å². The van der Waals surface area contributed by atoms with Gasteiger partial charge in [0, 0.05) is 13.1 Å². The zero-order valence-corrected chi connectivity index (χ0v) is 15.5. The van der Waals surface area contributed by atoms with E-state index in [1.54, 1.807) is 0 Å². The minimum atomic E-state index is -4.44. The van der Waals surface area contributed by atoms with Crippen LogP contribution in [0.2, 0.25) is 0 Å². The lowest BCUT2D eigenvalue weighted by Gasteiger charge is -2.20. The molecule has 1 aromatic heterocycles. The number of amides is 1. The van der Waals surface area contributed by atoms with E-state index in [9.17, 15) is 26.7 Å². The fourth-order valence-electron chi connectivity index (χ4n) is 2.96. The van der Waals surface area contributed by atoms with Gasteiger partial charge >= 0.3 is 6.18 Å². The summed E-state index contributed by atoms with van der Waals surface area (Å²) in [5, 5.41) is 2.90. The number of anilines is 1. The van der Waals surface area contributed by atoms with Gasteiger partial charge in [0.1, 0.15) is 0 Å². The first-order valence-corrected chi connectivity index (χ1v) is 8.79. The largest absolute Gasteiger partial charge is 0.416 e. The minimum absolute atomic E-state index is 0.0151. The van der Waals surface area contributed by atoms with E-state index in [1.807, 2.05) is 0 Å². The molecular weight excluding hydrogens is 411 g/mol. The quantitative estimate of drug-likeness (QED) is 0.565. The Kier molecular flexibility index (Phi) is 6.30. The summed E-state index contributed by atoms with van der Waals surface area (Å²) < 4.78 is 70.0. The second kappa shape index (κ2) is 8.74. The molecule has 1 aliphatic heterocycles. The van der Waals surface area contributed by atoms with Gasteiger partial charge in [0.15, 0.2) is 11.6 Å². The molecule has 1 fully saturated rings. The number of aromatic nitrogens is 2. The molecule has 1 saturated heterocycles. The number of hydrogen-bond donors (Lipinski definition) is 1. The van der Waals surface area contributed by atoms with Crippen molar-refractivity contribution in [1.82, 2.24) is 14.9 Å². The number of carbonyl (C=O) groups is 1. The molecule has 1 N–H and O–H groups in total. The molecule has 2 unspecified atom stereocenters. The first kappa shape index (κ1) is 21.6. The normalized spacial score (nSPS) is 19.0. The number of nitrogens with zero attached hydrogens (tertiary/aromatic N) is 3. The SMILES string of the molecule is C=C(F)C(=O)N1CC(Nc2ncc(F)cn2)C(OCc2ccc(C(F)(F)F)cc2)C1. The lowest BCUT2D eigenvalue weighted by molar-refractivity contribution is -0.137. The summed E-state index contributed by atoms with van der Waals surface area (Å²) in [5.41, 5.74) is -0.294. The molecular formula is C19H17F5N4O2. The number of nitrogens with one attached hydrogen (secondary N) is 1. The van der Waals surface area contributed by atoms with Crippen molar-refractivity contribution in [2.75, 3.05) is 18.4 Å². The van der Waals surface area contributed by atoms with Crippen LogP contribution in [0.4, 0.5) is 27.9 Å². The molecule has 0 spiro atoms. The highest BCUT2D eigenvalue weighted by molar-refractivity contribution is 5.90. The van der Waals surface area contributed by atoms with Crippen molar-refractivity contribution in [3.8, 4) is 0 Å². The topological polar surface area (TPSA) is 67.4 Å². The van der Waals surface area contributed by atoms with Crippen LogP contribution in [0.25, 0.3) is 0 Å². The monoisotopic (exact) mass is 428 g/mol. The zero-order chi connectivity index (χ0) is 21.9. The Morgan fingerprint density at radius 1 is 1.20 bits per heavy atom. The second-order valence-electron chi connectivity index (χ2n) is 6.63. The molecule has 1 aromatic carbocycles. The first-order chi connectivity index (χ1) is 14.1. The van der Waals surface area contributed by atoms with Crippen LogP contribution in [-0.2, 0) is 22.3 Å². The number of hydrogen-bond acceptors (Lipinski definition) is 5. The summed E-state index contributed by atoms with van der Waals surface area (Å²) in [6.45, 7) is 3.01. The van der Waals surface area contributed by atoms with Crippen molar-refractivity contribution in [3.63, 3.8) is 0 Å². The van der Waals surface area contributed by atoms with Crippen molar-refractivity contribution < 1.29 is 31.5 Å². The van der Waals surface area contributed by atoms with Crippen molar-refractivity contribution >= 4 is 11.9 Å². The molecule has 1 amide bonds. The van der Waals surface area contributed by atoms with Crippen LogP contribution in [0.3, 0.4) is 0 Å². The van der Waals surface area contributed by atoms with Crippen molar-refractivity contribution in [1.29, 1.82) is 0 Å². The molecule has 2 atom stereocenters. The number of carbonyl (C=O) groups excluding carboxylic acids is 1. The number of alkyl halides is 3. The number of rotatable bonds is 6. The third-order valence-corrected chi connectivity index (χ3v) is 4.47. The summed E-state index contributed by atoms with van der Waals surface area (Å²) in [7, 11) is 0. The van der Waals surface area contributed by atoms with Crippen molar-refractivity contribution in [2.45, 2.75) is 24.9 Å². The Labute approximate surface area is 168 Å². The standard InChI is InChI=1S/C19H17F5N4O2/c1-11(20)17(29)28-8-15(27-18-25-6-14(21)7-26-18)16(9-28)30-10-12-2-4-13(5-3-12)19(22,23)24/h2-7,15-16H,1,8-10H2,(H,25,26,27). The summed E-state index contributed by atoms with van der Waals surface area (Å²) in [4.78, 5) is 20.7. The molecule has 6 nitrogen and oxygen atoms in total. The lowest BCUT2D eigenvalue weighted by Crippen LogP contribution is -2.35. The summed E-state index contributed by atoms with van der Waals surface area (Å²) in [6.07, 6.45) is -3.18. The molecule has 2 aromatic rings. The van der Waals surface area contributed by atoms with Gasteiger partial charge in [-0.15, -0.1) is 0 Å². The predicted molar refractivity (Wildman–Crippen MR) is 96.2 cm³/mol. The fraction of sp³-hybridized carbons (Fsp3) is 0.316. The predicted octanol–water partition coefficient (Wildman–Crippen LogP) is 3.33. The van der Waals surface area contributed by atoms with E-state index < -0.39 is 41.4 Å². The third kappa shape index (κ3) is 5.29. The molecule has 11 heteroatoms. The molecule has 3 rings (SSSR count). The molecule has 0 saturated carbocycles. The van der Waals surface area contributed by atoms with Gasteiger partial charge in [-0.2, -0.15) is 13.2 Å². The molecule has 1 aliphatic rings. The average molecular weight is 428 g/mol. The number of halogens is 5. The van der Waals surface area contributed by atoms with E-state index in [2.05, 4.69) is 21.9 Å². The summed E-state index contributed by atoms with van der Waals surface area (Å²) in [5.74, 6) is -2.58. The van der Waals surface area contributed by atoms with Gasteiger partial charge < -0.3 is 15.0 Å². The fourth-order valence-corrected chi connectivity index (χ4v) is 2.96. The maximum atomic E-state index is 13.3. The average Bonchev–Trinajstić information content (AvgIpc) is 3.09. The molecule has 0 bridgehead atoms. The number of benzene rings is 1. The maximum absolute atomic E-state index is 13.3. The van der Waals surface area contributed by atoms with E-state index in [1.165, 1.54) is 17.0 Å². The molecule has 160 valence electrons. The Hall–Kier alpha value is -3.08. The lowest BCUT2D eigenvalue weighted by atomic mass is 10.1. The minimum Gasteiger partial charge on any atom is -0.369 e. The third-order valence-electron chi connectivity index (χ3n) is 4.47. The second-order valence-corrected chi connectivity index (χ2v) is 6.63. The van der Waals surface area contributed by atoms with Gasteiger partial charge in [-0.3, -0.25) is 4.79 Å². The number of ether oxygens (including phenoxy) is 1. The van der Waals surface area contributed by atoms with Gasteiger partial charge in [-0.25, -0.2) is 18.7 Å². The molecule has 0 radical (unpaired) electrons. The zero-order valence-electron chi connectivity index (χ0n) is 15.5. The molecule has 30 heavy (non-hydrogen) atoms. The van der Waals surface area contributed by atoms with Crippen molar-refractivity contribution in [3.05, 3.63) is 66.0 Å². The highest BCUT2D eigenvalue weighted by Gasteiger charge is 2.37. The van der Waals surface area contributed by atoms with E-state index in [0.717, 1.165) is 24.5 Å². The first-order valence-electron chi connectivity index (χ1n) is 8.79. The van der Waals surface area contributed by atoms with Crippen LogP contribution in [0, 0.1) is 5.82 Å². The Balaban J connectivity index is 1.69. The van der Waals surface area contributed by atoms with Gasteiger partial charge in [0.2, 0.25) is 5.95 Å². The van der Waals surface area contributed by atoms with Crippen LogP contribution < -0.4 is 5.32 Å². The van der Waals surface area contributed by atoms with Crippen molar-refractivity contribution in [2.24, 2.45) is 0 Å². The van der Waals surface area contributed by atoms with Crippen LogP contribution in [0.15, 0.2) is 49.1 Å². The van der Waals surface area contributed by atoms with Gasteiger partial charge in [-0.05, 0) is 17.7 Å². The van der Waals surface area contributed by atoms with Crippen LogP contribution in [-0.4, -0.2) is 46.0 Å². The molecule has 0 aliphatic carbocycles. The highest BCUT2D eigenvalue weighted by Crippen LogP contribution is 2.29. The van der Waals surface area contributed by atoms with Gasteiger partial charge in [0.05, 0.1) is 36.7 Å². The highest BCUT2D eigenvalue weighted by atomic mass is 19.4. The Morgan fingerprint density at radius 3 is 2.40 bits per heavy atom. The summed E-state index contributed by atoms with van der Waals surface area (Å²) in [6, 6.07) is 3.90. The van der Waals surface area contributed by atoms with Crippen LogP contribution >= 0.6 is 0 Å². The van der Waals surface area contributed by atoms with Crippen LogP contribution in [0.5, 0.6) is 0 Å². The summed E-state index contributed by atoms with van der Waals surface area (Å²) >= 11 is 0. The van der Waals surface area contributed by atoms with Crippen LogP contribution in [0.1, 0.15) is 11.1 Å². The van der Waals surface area contributed by atoms with E-state index >= 15 is 0 Å². The number of likely N-dealkylation sites (tertiary alicyclic amines) is 1. The van der Waals surface area contributed by atoms with Gasteiger partial charge in [0.25, 0.3) is 5.91 Å². The maximum Gasteiger partial charge on any atom is 0.416 e. The Morgan fingerprint density at radius 2 is 1.83 bits per heavy atom. The molecule has 2 heterocycles. The smallest absolute Gasteiger partial charge is 0.369 e. The van der Waals surface area contributed by atoms with Gasteiger partial charge in [-0.1, -0.05) is 18.7 Å². The Bertz CT molecular complexity index is 903. The van der Waals surface area contributed by atoms with E-state index in [0.29, 0.717) is 5.56 Å².